The van der Waals surface area contributed by atoms with E-state index in [1.165, 1.54) is 28.0 Å². The van der Waals surface area contributed by atoms with Gasteiger partial charge in [-0.3, -0.25) is 9.59 Å². The zero-order valence-electron chi connectivity index (χ0n) is 16.1. The molecule has 2 aliphatic rings. The van der Waals surface area contributed by atoms with Crippen LogP contribution in [0.2, 0.25) is 5.02 Å². The van der Waals surface area contributed by atoms with Crippen LogP contribution in [0.25, 0.3) is 0 Å². The Morgan fingerprint density at radius 3 is 2.34 bits per heavy atom. The molecule has 2 heterocycles. The summed E-state index contributed by atoms with van der Waals surface area (Å²) >= 11 is 6.19. The summed E-state index contributed by atoms with van der Waals surface area (Å²) in [5.74, 6) is -1.84. The largest absolute Gasteiger partial charge is 0.450 e. The Morgan fingerprint density at radius 2 is 1.79 bits per heavy atom. The van der Waals surface area contributed by atoms with E-state index < -0.39 is 33.8 Å². The number of halogens is 1. The fourth-order valence-electron chi connectivity index (χ4n) is 3.37. The highest BCUT2D eigenvalue weighted by atomic mass is 35.5. The second-order valence-corrected chi connectivity index (χ2v) is 9.19. The molecule has 0 saturated carbocycles. The molecular formula is C18H22ClN3O6S. The van der Waals surface area contributed by atoms with Gasteiger partial charge in [0.1, 0.15) is 0 Å². The molecule has 11 heteroatoms. The van der Waals surface area contributed by atoms with E-state index in [1.807, 2.05) is 0 Å². The van der Waals surface area contributed by atoms with Crippen molar-refractivity contribution in [3.05, 3.63) is 28.8 Å². The number of amides is 3. The van der Waals surface area contributed by atoms with Crippen LogP contribution in [0.15, 0.2) is 18.2 Å². The zero-order valence-corrected chi connectivity index (χ0v) is 17.7. The lowest BCUT2D eigenvalue weighted by Crippen LogP contribution is -2.50. The fourth-order valence-corrected chi connectivity index (χ4v) is 5.38. The lowest BCUT2D eigenvalue weighted by molar-refractivity contribution is -0.119. The smallest absolute Gasteiger partial charge is 0.409 e. The molecule has 0 aromatic heterocycles. The summed E-state index contributed by atoms with van der Waals surface area (Å²) in [4.78, 5) is 40.1. The first-order valence-electron chi connectivity index (χ1n) is 9.23. The van der Waals surface area contributed by atoms with Gasteiger partial charge in [-0.15, -0.1) is 0 Å². The van der Waals surface area contributed by atoms with Crippen molar-refractivity contribution in [2.24, 2.45) is 5.92 Å². The van der Waals surface area contributed by atoms with Gasteiger partial charge in [0.2, 0.25) is 15.9 Å². The first kappa shape index (κ1) is 21.4. The van der Waals surface area contributed by atoms with Crippen molar-refractivity contribution in [3.63, 3.8) is 0 Å². The minimum absolute atomic E-state index is 0.0947. The Morgan fingerprint density at radius 1 is 1.17 bits per heavy atom. The van der Waals surface area contributed by atoms with Crippen molar-refractivity contribution in [1.82, 2.24) is 9.80 Å². The Balaban J connectivity index is 1.80. The molecule has 29 heavy (non-hydrogen) atoms. The predicted octanol–water partition coefficient (Wildman–Crippen LogP) is 1.57. The summed E-state index contributed by atoms with van der Waals surface area (Å²) in [7, 11) is -3.78. The quantitative estimate of drug-likeness (QED) is 0.702. The maximum absolute atomic E-state index is 13.0. The fraction of sp³-hybridized carbons (Fsp3) is 0.500. The maximum atomic E-state index is 13.0. The number of sulfonamides is 1. The summed E-state index contributed by atoms with van der Waals surface area (Å²) < 4.78 is 30.4. The molecule has 1 atom stereocenters. The van der Waals surface area contributed by atoms with E-state index in [4.69, 9.17) is 16.3 Å². The Kier molecular flexibility index (Phi) is 6.04. The monoisotopic (exact) mass is 443 g/mol. The maximum Gasteiger partial charge on any atom is 0.409 e. The van der Waals surface area contributed by atoms with Gasteiger partial charge in [-0.05, 0) is 25.1 Å². The van der Waals surface area contributed by atoms with E-state index in [9.17, 15) is 22.8 Å². The van der Waals surface area contributed by atoms with Crippen molar-refractivity contribution >= 4 is 45.2 Å². The normalized spacial score (nSPS) is 21.4. The highest BCUT2D eigenvalue weighted by Crippen LogP contribution is 2.31. The van der Waals surface area contributed by atoms with Crippen LogP contribution in [0.5, 0.6) is 0 Å². The number of benzene rings is 1. The van der Waals surface area contributed by atoms with Crippen molar-refractivity contribution in [2.75, 3.05) is 42.8 Å². The van der Waals surface area contributed by atoms with Gasteiger partial charge < -0.3 is 14.5 Å². The van der Waals surface area contributed by atoms with E-state index >= 15 is 0 Å². The van der Waals surface area contributed by atoms with Crippen molar-refractivity contribution < 1.29 is 27.5 Å². The van der Waals surface area contributed by atoms with Crippen LogP contribution < -0.4 is 4.31 Å². The number of carbonyl (C=O) groups excluding carboxylic acids is 3. The van der Waals surface area contributed by atoms with Crippen LogP contribution in [-0.4, -0.2) is 74.7 Å². The molecule has 1 aromatic rings. The molecule has 1 aromatic carbocycles. The van der Waals surface area contributed by atoms with Crippen LogP contribution in [0.3, 0.4) is 0 Å². The lowest BCUT2D eigenvalue weighted by atomic mass is 10.1. The van der Waals surface area contributed by atoms with Gasteiger partial charge in [0.05, 0.1) is 34.6 Å². The molecule has 0 bridgehead atoms. The van der Waals surface area contributed by atoms with E-state index in [2.05, 4.69) is 0 Å². The minimum atomic E-state index is -3.78. The molecule has 2 saturated heterocycles. The van der Waals surface area contributed by atoms with Gasteiger partial charge in [-0.2, -0.15) is 0 Å². The van der Waals surface area contributed by atoms with Crippen molar-refractivity contribution in [2.45, 2.75) is 13.8 Å². The molecule has 1 unspecified atom stereocenters. The average molecular weight is 444 g/mol. The molecule has 158 valence electrons. The second-order valence-electron chi connectivity index (χ2n) is 6.92. The number of hydrogen-bond donors (Lipinski definition) is 0. The van der Waals surface area contributed by atoms with Crippen molar-refractivity contribution in [3.8, 4) is 0 Å². The molecule has 2 fully saturated rings. The summed E-state index contributed by atoms with van der Waals surface area (Å²) in [6.07, 6.45) is -0.425. The number of piperazine rings is 1. The Hall–Kier alpha value is -2.33. The first-order valence-corrected chi connectivity index (χ1v) is 11.2. The molecule has 0 radical (unpaired) electrons. The number of ether oxygens (including phenoxy) is 1. The second kappa shape index (κ2) is 8.19. The third kappa shape index (κ3) is 4.18. The minimum Gasteiger partial charge on any atom is -0.450 e. The SMILES string of the molecule is CCOC(=O)N1CCN(C(=O)c2cc(N3C(=O)C(C)CS3(=O)=O)ccc2Cl)CC1. The Labute approximate surface area is 174 Å². The number of anilines is 1. The summed E-state index contributed by atoms with van der Waals surface area (Å²) in [5.41, 5.74) is 0.202. The highest BCUT2D eigenvalue weighted by Gasteiger charge is 2.42. The van der Waals surface area contributed by atoms with E-state index in [1.54, 1.807) is 13.8 Å². The van der Waals surface area contributed by atoms with Gasteiger partial charge >= 0.3 is 6.09 Å². The van der Waals surface area contributed by atoms with Crippen LogP contribution in [-0.2, 0) is 19.6 Å². The van der Waals surface area contributed by atoms with E-state index in [0.717, 1.165) is 4.31 Å². The summed E-state index contributed by atoms with van der Waals surface area (Å²) in [5, 5.41) is 0.156. The van der Waals surface area contributed by atoms with Crippen LogP contribution >= 0.6 is 11.6 Å². The van der Waals surface area contributed by atoms with Gasteiger partial charge in [-0.25, -0.2) is 17.5 Å². The lowest BCUT2D eigenvalue weighted by Gasteiger charge is -2.34. The van der Waals surface area contributed by atoms with Crippen LogP contribution in [0.1, 0.15) is 24.2 Å². The molecule has 3 rings (SSSR count). The summed E-state index contributed by atoms with van der Waals surface area (Å²) in [6.45, 7) is 4.75. The van der Waals surface area contributed by atoms with Gasteiger partial charge in [-0.1, -0.05) is 18.5 Å². The third-order valence-electron chi connectivity index (χ3n) is 4.87. The first-order chi connectivity index (χ1) is 13.7. The number of nitrogens with zero attached hydrogens (tertiary/aromatic N) is 3. The molecule has 2 aliphatic heterocycles. The molecular weight excluding hydrogens is 422 g/mol. The molecule has 3 amide bonds. The van der Waals surface area contributed by atoms with Gasteiger partial charge in [0.15, 0.2) is 0 Å². The number of carbonyl (C=O) groups is 3. The zero-order chi connectivity index (χ0) is 21.3. The Bertz CT molecular complexity index is 943. The van der Waals surface area contributed by atoms with E-state index in [0.29, 0.717) is 13.1 Å². The molecule has 0 N–H and O–H groups in total. The molecule has 0 spiro atoms. The van der Waals surface area contributed by atoms with Gasteiger partial charge in [0, 0.05) is 26.2 Å². The van der Waals surface area contributed by atoms with Crippen LogP contribution in [0.4, 0.5) is 10.5 Å². The molecule has 0 aliphatic carbocycles. The molecule has 9 nitrogen and oxygen atoms in total. The topological polar surface area (TPSA) is 104 Å². The average Bonchev–Trinajstić information content (AvgIpc) is 2.89. The standard InChI is InChI=1S/C18H22ClN3O6S/c1-3-28-18(25)21-8-6-20(7-9-21)17(24)14-10-13(4-5-15(14)19)22-16(23)12(2)11-29(22,26)27/h4-5,10,12H,3,6-9,11H2,1-2H3. The van der Waals surface area contributed by atoms with Gasteiger partial charge in [0.25, 0.3) is 5.91 Å². The van der Waals surface area contributed by atoms with E-state index in [-0.39, 0.29) is 41.7 Å². The number of hydrogen-bond acceptors (Lipinski definition) is 6. The highest BCUT2D eigenvalue weighted by molar-refractivity contribution is 7.94. The predicted molar refractivity (Wildman–Crippen MR) is 106 cm³/mol. The summed E-state index contributed by atoms with van der Waals surface area (Å²) in [6, 6.07) is 4.14. The third-order valence-corrected chi connectivity index (χ3v) is 7.07. The van der Waals surface area contributed by atoms with Crippen molar-refractivity contribution in [1.29, 1.82) is 0 Å². The van der Waals surface area contributed by atoms with Crippen LogP contribution in [0, 0.1) is 5.92 Å². The number of rotatable bonds is 3.